The highest BCUT2D eigenvalue weighted by Gasteiger charge is 2.22. The van der Waals surface area contributed by atoms with Crippen molar-refractivity contribution in [2.24, 2.45) is 5.16 Å². The van der Waals surface area contributed by atoms with Crippen molar-refractivity contribution in [2.75, 3.05) is 0 Å². The molecule has 0 bridgehead atoms. The van der Waals surface area contributed by atoms with Crippen LogP contribution in [0.3, 0.4) is 0 Å². The molecule has 0 saturated carbocycles. The van der Waals surface area contributed by atoms with E-state index >= 15 is 0 Å². The van der Waals surface area contributed by atoms with Gasteiger partial charge in [0.15, 0.2) is 0 Å². The Labute approximate surface area is 112 Å². The predicted octanol–water partition coefficient (Wildman–Crippen LogP) is 3.64. The molecular weight excluding hydrogens is 236 g/mol. The van der Waals surface area contributed by atoms with Crippen LogP contribution in [0.15, 0.2) is 47.6 Å². The van der Waals surface area contributed by atoms with Crippen molar-refractivity contribution in [3.63, 3.8) is 0 Å². The average Bonchev–Trinajstić information content (AvgIpc) is 2.93. The van der Waals surface area contributed by atoms with E-state index in [4.69, 9.17) is 10.1 Å². The Hall–Kier alpha value is -2.34. The van der Waals surface area contributed by atoms with Gasteiger partial charge < -0.3 is 4.84 Å². The van der Waals surface area contributed by atoms with E-state index in [-0.39, 0.29) is 6.10 Å². The molecule has 3 nitrogen and oxygen atoms in total. The van der Waals surface area contributed by atoms with E-state index < -0.39 is 0 Å². The van der Waals surface area contributed by atoms with Crippen LogP contribution in [-0.4, -0.2) is 11.8 Å². The van der Waals surface area contributed by atoms with Crippen LogP contribution in [0.1, 0.15) is 24.8 Å². The van der Waals surface area contributed by atoms with Crippen LogP contribution in [0.2, 0.25) is 0 Å². The smallest absolute Gasteiger partial charge is 0.134 e. The molecule has 0 amide bonds. The maximum Gasteiger partial charge on any atom is 0.134 e. The van der Waals surface area contributed by atoms with Gasteiger partial charge in [0, 0.05) is 24.8 Å². The molecule has 2 aromatic carbocycles. The summed E-state index contributed by atoms with van der Waals surface area (Å²) in [6.07, 6.45) is 2.10. The molecule has 0 radical (unpaired) electrons. The number of benzene rings is 2. The summed E-state index contributed by atoms with van der Waals surface area (Å²) in [5.41, 5.74) is 2.12. The zero-order valence-electron chi connectivity index (χ0n) is 10.5. The van der Waals surface area contributed by atoms with Crippen molar-refractivity contribution >= 4 is 16.5 Å². The van der Waals surface area contributed by atoms with Crippen molar-refractivity contribution in [3.8, 4) is 6.07 Å². The second kappa shape index (κ2) is 5.11. The lowest BCUT2D eigenvalue weighted by molar-refractivity contribution is 0.0802. The number of hydrogen-bond donors (Lipinski definition) is 0. The summed E-state index contributed by atoms with van der Waals surface area (Å²) in [6.45, 7) is 0. The number of rotatable bonds is 3. The summed E-state index contributed by atoms with van der Waals surface area (Å²) in [5, 5.41) is 15.2. The molecule has 1 heterocycles. The highest BCUT2D eigenvalue weighted by atomic mass is 16.6. The van der Waals surface area contributed by atoms with Gasteiger partial charge in [0.1, 0.15) is 6.10 Å². The zero-order chi connectivity index (χ0) is 13.1. The van der Waals surface area contributed by atoms with Crippen LogP contribution >= 0.6 is 0 Å². The normalized spacial score (nSPS) is 17.8. The van der Waals surface area contributed by atoms with E-state index in [0.717, 1.165) is 24.1 Å². The second-order valence-corrected chi connectivity index (χ2v) is 4.69. The first-order valence-corrected chi connectivity index (χ1v) is 6.46. The first kappa shape index (κ1) is 11.7. The summed E-state index contributed by atoms with van der Waals surface area (Å²) in [5.74, 6) is 0. The lowest BCUT2D eigenvalue weighted by Crippen LogP contribution is -2.08. The lowest BCUT2D eigenvalue weighted by Gasteiger charge is -2.06. The standard InChI is InChI=1S/C16H14N2O/c17-10-4-7-13-11-16(18-19-13)15-9-3-6-12-5-1-2-8-14(12)15/h1-3,5-6,8-9,13H,4,7,11H2. The molecule has 2 aromatic rings. The molecule has 1 atom stereocenters. The number of hydrogen-bond acceptors (Lipinski definition) is 3. The van der Waals surface area contributed by atoms with Gasteiger partial charge in [-0.3, -0.25) is 0 Å². The Bertz CT molecular complexity index is 664. The number of oxime groups is 1. The highest BCUT2D eigenvalue weighted by Crippen LogP contribution is 2.25. The van der Waals surface area contributed by atoms with Crippen LogP contribution in [0, 0.1) is 11.3 Å². The van der Waals surface area contributed by atoms with Crippen LogP contribution in [-0.2, 0) is 4.84 Å². The summed E-state index contributed by atoms with van der Waals surface area (Å²) in [4.78, 5) is 5.41. The molecule has 0 aromatic heterocycles. The van der Waals surface area contributed by atoms with E-state index in [1.165, 1.54) is 10.8 Å². The fourth-order valence-electron chi connectivity index (χ4n) is 2.44. The summed E-state index contributed by atoms with van der Waals surface area (Å²) in [7, 11) is 0. The van der Waals surface area contributed by atoms with E-state index in [0.29, 0.717) is 6.42 Å². The van der Waals surface area contributed by atoms with Crippen molar-refractivity contribution in [1.82, 2.24) is 0 Å². The maximum absolute atomic E-state index is 8.61. The molecule has 1 aliphatic heterocycles. The zero-order valence-corrected chi connectivity index (χ0v) is 10.5. The minimum atomic E-state index is 0.0496. The fraction of sp³-hybridized carbons (Fsp3) is 0.250. The van der Waals surface area contributed by atoms with E-state index in [1.807, 2.05) is 18.2 Å². The van der Waals surface area contributed by atoms with E-state index in [9.17, 15) is 0 Å². The van der Waals surface area contributed by atoms with Crippen molar-refractivity contribution in [3.05, 3.63) is 48.0 Å². The van der Waals surface area contributed by atoms with Crippen LogP contribution in [0.25, 0.3) is 10.8 Å². The Morgan fingerprint density at radius 1 is 1.21 bits per heavy atom. The quantitative estimate of drug-likeness (QED) is 0.834. The Morgan fingerprint density at radius 2 is 2.05 bits per heavy atom. The molecule has 3 rings (SSSR count). The van der Waals surface area contributed by atoms with Gasteiger partial charge in [-0.05, 0) is 10.8 Å². The Morgan fingerprint density at radius 3 is 2.95 bits per heavy atom. The third-order valence-corrected chi connectivity index (χ3v) is 3.41. The van der Waals surface area contributed by atoms with Crippen LogP contribution in [0.4, 0.5) is 0 Å². The van der Waals surface area contributed by atoms with Crippen molar-refractivity contribution < 1.29 is 4.84 Å². The van der Waals surface area contributed by atoms with Gasteiger partial charge in [-0.15, -0.1) is 0 Å². The number of fused-ring (bicyclic) bond motifs is 1. The van der Waals surface area contributed by atoms with Gasteiger partial charge in [0.05, 0.1) is 11.8 Å². The molecular formula is C16H14N2O. The lowest BCUT2D eigenvalue weighted by atomic mass is 9.97. The van der Waals surface area contributed by atoms with E-state index in [1.54, 1.807) is 0 Å². The summed E-state index contributed by atoms with van der Waals surface area (Å²) in [6, 6.07) is 16.7. The molecule has 19 heavy (non-hydrogen) atoms. The summed E-state index contributed by atoms with van der Waals surface area (Å²) >= 11 is 0. The second-order valence-electron chi connectivity index (χ2n) is 4.69. The van der Waals surface area contributed by atoms with Crippen LogP contribution < -0.4 is 0 Å². The fourth-order valence-corrected chi connectivity index (χ4v) is 2.44. The third kappa shape index (κ3) is 2.30. The van der Waals surface area contributed by atoms with Gasteiger partial charge in [0.25, 0.3) is 0 Å². The maximum atomic E-state index is 8.61. The first-order chi connectivity index (χ1) is 9.38. The monoisotopic (exact) mass is 250 g/mol. The largest absolute Gasteiger partial charge is 0.392 e. The first-order valence-electron chi connectivity index (χ1n) is 6.46. The Balaban J connectivity index is 1.88. The molecule has 0 fully saturated rings. The van der Waals surface area contributed by atoms with Crippen molar-refractivity contribution in [1.29, 1.82) is 5.26 Å². The van der Waals surface area contributed by atoms with Gasteiger partial charge in [0.2, 0.25) is 0 Å². The Kier molecular flexibility index (Phi) is 3.16. The molecule has 0 aliphatic carbocycles. The molecule has 0 N–H and O–H groups in total. The minimum absolute atomic E-state index is 0.0496. The summed E-state index contributed by atoms with van der Waals surface area (Å²) < 4.78 is 0. The van der Waals surface area contributed by atoms with Gasteiger partial charge >= 0.3 is 0 Å². The average molecular weight is 250 g/mol. The molecule has 1 aliphatic rings. The highest BCUT2D eigenvalue weighted by molar-refractivity contribution is 6.11. The molecule has 3 heteroatoms. The molecule has 94 valence electrons. The van der Waals surface area contributed by atoms with Gasteiger partial charge in [-0.2, -0.15) is 5.26 Å². The van der Waals surface area contributed by atoms with Crippen LogP contribution in [0.5, 0.6) is 0 Å². The predicted molar refractivity (Wildman–Crippen MR) is 74.8 cm³/mol. The van der Waals surface area contributed by atoms with E-state index in [2.05, 4.69) is 35.5 Å². The SMILES string of the molecule is N#CCCC1CC(c2cccc3ccccc23)=NO1. The number of nitrogens with zero attached hydrogens (tertiary/aromatic N) is 2. The van der Waals surface area contributed by atoms with Crippen molar-refractivity contribution in [2.45, 2.75) is 25.4 Å². The molecule has 1 unspecified atom stereocenters. The van der Waals surface area contributed by atoms with Gasteiger partial charge in [-0.1, -0.05) is 47.6 Å². The minimum Gasteiger partial charge on any atom is -0.392 e. The molecule has 0 spiro atoms. The molecule has 0 saturated heterocycles. The van der Waals surface area contributed by atoms with Gasteiger partial charge in [-0.25, -0.2) is 0 Å². The third-order valence-electron chi connectivity index (χ3n) is 3.41. The number of nitriles is 1. The topological polar surface area (TPSA) is 45.4 Å².